The summed E-state index contributed by atoms with van der Waals surface area (Å²) in [6, 6.07) is 11.4. The van der Waals surface area contributed by atoms with Crippen LogP contribution >= 0.6 is 0 Å². The van der Waals surface area contributed by atoms with Crippen LogP contribution in [0.1, 0.15) is 20.8 Å². The average Bonchev–Trinajstić information content (AvgIpc) is 2.94. The lowest BCUT2D eigenvalue weighted by atomic mass is 10.1. The molecule has 6 nitrogen and oxygen atoms in total. The van der Waals surface area contributed by atoms with Gasteiger partial charge in [0.05, 0.1) is 23.9 Å². The lowest BCUT2D eigenvalue weighted by molar-refractivity contribution is -0.116. The van der Waals surface area contributed by atoms with Gasteiger partial charge >= 0.3 is 6.03 Å². The molecule has 6 heteroatoms. The van der Waals surface area contributed by atoms with Crippen molar-refractivity contribution in [3.05, 3.63) is 42.6 Å². The molecule has 1 atom stereocenters. The lowest BCUT2D eigenvalue weighted by Crippen LogP contribution is -2.54. The summed E-state index contributed by atoms with van der Waals surface area (Å²) in [5, 5.41) is 7.26. The third-order valence-corrected chi connectivity index (χ3v) is 3.70. The number of aromatic nitrogens is 2. The second-order valence-electron chi connectivity index (χ2n) is 6.48. The molecule has 0 aliphatic carbocycles. The first-order chi connectivity index (χ1) is 10.9. The van der Waals surface area contributed by atoms with Crippen LogP contribution < -0.4 is 5.32 Å². The summed E-state index contributed by atoms with van der Waals surface area (Å²) in [7, 11) is 0. The third-order valence-electron chi connectivity index (χ3n) is 3.70. The quantitative estimate of drug-likeness (QED) is 0.927. The second-order valence-corrected chi connectivity index (χ2v) is 6.48. The van der Waals surface area contributed by atoms with Crippen molar-refractivity contribution in [2.45, 2.75) is 32.5 Å². The summed E-state index contributed by atoms with van der Waals surface area (Å²) in [5.74, 6) is 0.538. The topological polar surface area (TPSA) is 59.4 Å². The first-order valence-electron chi connectivity index (χ1n) is 7.78. The summed E-state index contributed by atoms with van der Waals surface area (Å²) in [5.41, 5.74) is 0.618. The van der Waals surface area contributed by atoms with Crippen molar-refractivity contribution in [1.29, 1.82) is 0 Å². The van der Waals surface area contributed by atoms with Crippen LogP contribution in [-0.4, -0.2) is 45.5 Å². The van der Waals surface area contributed by atoms with Gasteiger partial charge in [0.2, 0.25) is 0 Å². The zero-order valence-corrected chi connectivity index (χ0v) is 13.7. The van der Waals surface area contributed by atoms with Crippen LogP contribution in [0.25, 0.3) is 5.69 Å². The van der Waals surface area contributed by atoms with Crippen molar-refractivity contribution in [2.75, 3.05) is 18.4 Å². The van der Waals surface area contributed by atoms with Crippen LogP contribution in [0.3, 0.4) is 0 Å². The number of benzene rings is 1. The van der Waals surface area contributed by atoms with Gasteiger partial charge in [0.1, 0.15) is 0 Å². The highest BCUT2D eigenvalue weighted by molar-refractivity contribution is 5.88. The number of hydrogen-bond acceptors (Lipinski definition) is 3. The van der Waals surface area contributed by atoms with Gasteiger partial charge in [-0.3, -0.25) is 5.32 Å². The van der Waals surface area contributed by atoms with Crippen LogP contribution in [0, 0.1) is 0 Å². The molecule has 2 aromatic rings. The van der Waals surface area contributed by atoms with Gasteiger partial charge in [-0.25, -0.2) is 9.48 Å². The highest BCUT2D eigenvalue weighted by atomic mass is 16.5. The molecular formula is C17H22N4O2. The number of rotatable bonds is 2. The number of nitrogens with one attached hydrogen (secondary N) is 1. The van der Waals surface area contributed by atoms with Gasteiger partial charge in [-0.05, 0) is 32.9 Å². The Morgan fingerprint density at radius 1 is 1.30 bits per heavy atom. The van der Waals surface area contributed by atoms with E-state index >= 15 is 0 Å². The molecule has 23 heavy (non-hydrogen) atoms. The van der Waals surface area contributed by atoms with E-state index in [2.05, 4.69) is 10.4 Å². The molecule has 0 saturated carbocycles. The smallest absolute Gasteiger partial charge is 0.323 e. The minimum atomic E-state index is -0.335. The molecule has 2 heterocycles. The van der Waals surface area contributed by atoms with Gasteiger partial charge in [0.25, 0.3) is 0 Å². The number of amides is 2. The van der Waals surface area contributed by atoms with Crippen LogP contribution in [0.2, 0.25) is 0 Å². The predicted molar refractivity (Wildman–Crippen MR) is 88.8 cm³/mol. The maximum atomic E-state index is 12.5. The molecule has 1 saturated heterocycles. The third kappa shape index (κ3) is 3.71. The minimum absolute atomic E-state index is 0.0198. The van der Waals surface area contributed by atoms with Crippen molar-refractivity contribution in [2.24, 2.45) is 0 Å². The highest BCUT2D eigenvalue weighted by Crippen LogP contribution is 2.21. The maximum Gasteiger partial charge on any atom is 0.323 e. The Labute approximate surface area is 136 Å². The van der Waals surface area contributed by atoms with E-state index in [9.17, 15) is 4.79 Å². The molecular weight excluding hydrogens is 292 g/mol. The first kappa shape index (κ1) is 15.6. The first-order valence-corrected chi connectivity index (χ1v) is 7.78. The number of nitrogens with zero attached hydrogens (tertiary/aromatic N) is 3. The molecule has 1 aromatic carbocycles. The standard InChI is InChI=1S/C17H22N4O2/c1-13-11-20(12-17(2,3)23-13)16(22)18-15-9-10-21(19-15)14-7-5-4-6-8-14/h4-10,13H,11-12H2,1-3H3,(H,18,19,22). The fourth-order valence-corrected chi connectivity index (χ4v) is 2.91. The Morgan fingerprint density at radius 2 is 2.04 bits per heavy atom. The van der Waals surface area contributed by atoms with Crippen molar-refractivity contribution < 1.29 is 9.53 Å². The Bertz CT molecular complexity index is 681. The van der Waals surface area contributed by atoms with E-state index in [-0.39, 0.29) is 17.7 Å². The predicted octanol–water partition coefficient (Wildman–Crippen LogP) is 2.90. The zero-order valence-electron chi connectivity index (χ0n) is 13.7. The number of ether oxygens (including phenoxy) is 1. The summed E-state index contributed by atoms with van der Waals surface area (Å²) >= 11 is 0. The fourth-order valence-electron chi connectivity index (χ4n) is 2.91. The molecule has 2 amide bonds. The van der Waals surface area contributed by atoms with Crippen LogP contribution in [0.4, 0.5) is 10.6 Å². The average molecular weight is 314 g/mol. The van der Waals surface area contributed by atoms with Gasteiger partial charge in [-0.2, -0.15) is 0 Å². The van der Waals surface area contributed by atoms with Gasteiger partial charge < -0.3 is 9.64 Å². The highest BCUT2D eigenvalue weighted by Gasteiger charge is 2.33. The van der Waals surface area contributed by atoms with Gasteiger partial charge in [-0.15, -0.1) is 5.10 Å². The molecule has 1 fully saturated rings. The van der Waals surface area contributed by atoms with E-state index in [1.54, 1.807) is 15.6 Å². The molecule has 1 aliphatic heterocycles. The van der Waals surface area contributed by atoms with Crippen molar-refractivity contribution >= 4 is 11.8 Å². The molecule has 122 valence electrons. The largest absolute Gasteiger partial charge is 0.369 e. The second kappa shape index (κ2) is 6.04. The number of hydrogen-bond donors (Lipinski definition) is 1. The number of para-hydroxylation sites is 1. The fraction of sp³-hybridized carbons (Fsp3) is 0.412. The van der Waals surface area contributed by atoms with Crippen molar-refractivity contribution in [1.82, 2.24) is 14.7 Å². The summed E-state index contributed by atoms with van der Waals surface area (Å²) in [6.07, 6.45) is 1.85. The van der Waals surface area contributed by atoms with Gasteiger partial charge in [0, 0.05) is 18.8 Å². The number of urea groups is 1. The Morgan fingerprint density at radius 3 is 2.74 bits per heavy atom. The Kier molecular flexibility index (Phi) is 4.09. The molecule has 0 spiro atoms. The van der Waals surface area contributed by atoms with E-state index in [1.807, 2.05) is 57.3 Å². The minimum Gasteiger partial charge on any atom is -0.369 e. The molecule has 1 aromatic heterocycles. The monoisotopic (exact) mass is 314 g/mol. The van der Waals surface area contributed by atoms with Gasteiger partial charge in [-0.1, -0.05) is 18.2 Å². The lowest BCUT2D eigenvalue weighted by Gasteiger charge is -2.41. The van der Waals surface area contributed by atoms with Crippen LogP contribution in [0.5, 0.6) is 0 Å². The summed E-state index contributed by atoms with van der Waals surface area (Å²) in [6.45, 7) is 7.10. The van der Waals surface area contributed by atoms with E-state index in [1.165, 1.54) is 0 Å². The van der Waals surface area contributed by atoms with Crippen molar-refractivity contribution in [3.63, 3.8) is 0 Å². The normalized spacial score (nSPS) is 20.3. The molecule has 3 rings (SSSR count). The van der Waals surface area contributed by atoms with E-state index in [4.69, 9.17) is 4.74 Å². The van der Waals surface area contributed by atoms with Crippen LogP contribution in [-0.2, 0) is 4.74 Å². The van der Waals surface area contributed by atoms with Gasteiger partial charge in [0.15, 0.2) is 5.82 Å². The van der Waals surface area contributed by atoms with E-state index in [0.717, 1.165) is 5.69 Å². The van der Waals surface area contributed by atoms with E-state index in [0.29, 0.717) is 18.9 Å². The molecule has 0 bridgehead atoms. The number of carbonyl (C=O) groups is 1. The molecule has 1 unspecified atom stereocenters. The maximum absolute atomic E-state index is 12.5. The van der Waals surface area contributed by atoms with E-state index < -0.39 is 0 Å². The SMILES string of the molecule is CC1CN(C(=O)Nc2ccn(-c3ccccc3)n2)CC(C)(C)O1. The molecule has 0 radical (unpaired) electrons. The molecule has 1 aliphatic rings. The van der Waals surface area contributed by atoms with Crippen LogP contribution in [0.15, 0.2) is 42.6 Å². The molecule has 1 N–H and O–H groups in total. The number of anilines is 1. The number of carbonyl (C=O) groups excluding carboxylic acids is 1. The summed E-state index contributed by atoms with van der Waals surface area (Å²) < 4.78 is 7.56. The summed E-state index contributed by atoms with van der Waals surface area (Å²) in [4.78, 5) is 14.2. The van der Waals surface area contributed by atoms with Crippen molar-refractivity contribution in [3.8, 4) is 5.69 Å². The zero-order chi connectivity index (χ0) is 16.4. The number of morpholine rings is 1. The Balaban J connectivity index is 1.68. The Hall–Kier alpha value is -2.34.